The number of aromatic nitrogens is 3. The van der Waals surface area contributed by atoms with Crippen LogP contribution in [0.15, 0.2) is 60.9 Å². The van der Waals surface area contributed by atoms with E-state index < -0.39 is 0 Å². The molecule has 27 heavy (non-hydrogen) atoms. The van der Waals surface area contributed by atoms with E-state index in [9.17, 15) is 4.79 Å². The molecular weight excluding hydrogens is 342 g/mol. The molecule has 138 valence electrons. The van der Waals surface area contributed by atoms with Crippen LogP contribution in [0.4, 0.5) is 4.79 Å². The van der Waals surface area contributed by atoms with Crippen LogP contribution in [0.1, 0.15) is 17.8 Å². The topological polar surface area (TPSA) is 81.1 Å². The number of para-hydroxylation sites is 1. The maximum atomic E-state index is 12.2. The molecule has 0 radical (unpaired) electrons. The van der Waals surface area contributed by atoms with Crippen molar-refractivity contribution < 1.29 is 9.53 Å². The van der Waals surface area contributed by atoms with Crippen molar-refractivity contribution in [2.45, 2.75) is 32.0 Å². The molecule has 1 unspecified atom stereocenters. The predicted octanol–water partition coefficient (Wildman–Crippen LogP) is 2.88. The number of urea groups is 1. The van der Waals surface area contributed by atoms with E-state index in [0.717, 1.165) is 35.7 Å². The Hall–Kier alpha value is -3.35. The second kappa shape index (κ2) is 7.90. The number of aryl methyl sites for hydroxylation is 1. The summed E-state index contributed by atoms with van der Waals surface area (Å²) in [5.74, 6) is 2.54. The molecule has 7 nitrogen and oxygen atoms in total. The van der Waals surface area contributed by atoms with E-state index in [1.165, 1.54) is 0 Å². The van der Waals surface area contributed by atoms with Gasteiger partial charge in [-0.2, -0.15) is 5.10 Å². The fraction of sp³-hybridized carbons (Fsp3) is 0.250. The second-order valence-corrected chi connectivity index (χ2v) is 6.48. The van der Waals surface area contributed by atoms with Crippen LogP contribution < -0.4 is 15.4 Å². The first-order valence-electron chi connectivity index (χ1n) is 8.99. The van der Waals surface area contributed by atoms with Crippen LogP contribution in [0, 0.1) is 0 Å². The van der Waals surface area contributed by atoms with Crippen LogP contribution in [0.25, 0.3) is 0 Å². The molecular formula is C20H21N5O2. The number of benzene rings is 2. The molecule has 7 heteroatoms. The van der Waals surface area contributed by atoms with Gasteiger partial charge in [-0.25, -0.2) is 14.5 Å². The highest BCUT2D eigenvalue weighted by molar-refractivity contribution is 5.74. The Labute approximate surface area is 157 Å². The van der Waals surface area contributed by atoms with Crippen molar-refractivity contribution in [2.75, 3.05) is 0 Å². The number of nitrogens with zero attached hydrogens (tertiary/aromatic N) is 3. The van der Waals surface area contributed by atoms with Crippen molar-refractivity contribution in [3.8, 4) is 11.5 Å². The van der Waals surface area contributed by atoms with Gasteiger partial charge in [0.15, 0.2) is 0 Å². The Kier molecular flexibility index (Phi) is 5.00. The van der Waals surface area contributed by atoms with Crippen molar-refractivity contribution in [3.05, 3.63) is 72.3 Å². The molecule has 1 aliphatic rings. The summed E-state index contributed by atoms with van der Waals surface area (Å²) < 4.78 is 7.62. The number of rotatable bonds is 5. The molecule has 1 aliphatic heterocycles. The van der Waals surface area contributed by atoms with Gasteiger partial charge in [0.05, 0.1) is 12.6 Å². The fourth-order valence-corrected chi connectivity index (χ4v) is 3.07. The van der Waals surface area contributed by atoms with Gasteiger partial charge >= 0.3 is 6.03 Å². The third-order valence-electron chi connectivity index (χ3n) is 4.50. The molecule has 0 bridgehead atoms. The van der Waals surface area contributed by atoms with Crippen molar-refractivity contribution >= 4 is 6.03 Å². The first-order valence-corrected chi connectivity index (χ1v) is 8.99. The number of amides is 2. The normalized spacial score (nSPS) is 15.6. The maximum Gasteiger partial charge on any atom is 0.315 e. The van der Waals surface area contributed by atoms with Crippen LogP contribution in [0.3, 0.4) is 0 Å². The smallest absolute Gasteiger partial charge is 0.315 e. The fourth-order valence-electron chi connectivity index (χ4n) is 3.07. The molecule has 1 aromatic heterocycles. The number of nitrogens with one attached hydrogen (secondary N) is 2. The minimum Gasteiger partial charge on any atom is -0.457 e. The molecule has 2 heterocycles. The zero-order chi connectivity index (χ0) is 18.5. The van der Waals surface area contributed by atoms with Gasteiger partial charge in [-0.15, -0.1) is 0 Å². The lowest BCUT2D eigenvalue weighted by molar-refractivity contribution is 0.231. The lowest BCUT2D eigenvalue weighted by atomic mass is 10.1. The highest BCUT2D eigenvalue weighted by Crippen LogP contribution is 2.21. The van der Waals surface area contributed by atoms with Gasteiger partial charge < -0.3 is 15.4 Å². The summed E-state index contributed by atoms with van der Waals surface area (Å²) in [6.45, 7) is 1.12. The summed E-state index contributed by atoms with van der Waals surface area (Å²) >= 11 is 0. The number of carbonyl (C=O) groups excluding carboxylic acids is 1. The monoisotopic (exact) mass is 363 g/mol. The highest BCUT2D eigenvalue weighted by Gasteiger charge is 2.21. The van der Waals surface area contributed by atoms with E-state index >= 15 is 0 Å². The van der Waals surface area contributed by atoms with Crippen molar-refractivity contribution in [2.24, 2.45) is 0 Å². The van der Waals surface area contributed by atoms with Crippen LogP contribution in [0.5, 0.6) is 11.5 Å². The Morgan fingerprint density at radius 1 is 1.11 bits per heavy atom. The first kappa shape index (κ1) is 17.1. The molecule has 0 spiro atoms. The number of carbonyl (C=O) groups is 1. The first-order chi connectivity index (χ1) is 13.3. The molecule has 2 aromatic carbocycles. The summed E-state index contributed by atoms with van der Waals surface area (Å²) in [6.07, 6.45) is 3.26. The number of ether oxygens (including phenoxy) is 1. The molecule has 3 aromatic rings. The molecule has 0 fully saturated rings. The van der Waals surface area contributed by atoms with Crippen LogP contribution in [-0.2, 0) is 19.5 Å². The lowest BCUT2D eigenvalue weighted by Gasteiger charge is -2.23. The Morgan fingerprint density at radius 2 is 1.89 bits per heavy atom. The molecule has 0 aliphatic carbocycles. The van der Waals surface area contributed by atoms with E-state index in [4.69, 9.17) is 4.74 Å². The molecule has 0 saturated heterocycles. The van der Waals surface area contributed by atoms with Gasteiger partial charge in [-0.3, -0.25) is 0 Å². The second-order valence-electron chi connectivity index (χ2n) is 6.48. The van der Waals surface area contributed by atoms with Gasteiger partial charge in [0, 0.05) is 13.0 Å². The van der Waals surface area contributed by atoms with E-state index in [2.05, 4.69) is 20.7 Å². The molecule has 2 N–H and O–H groups in total. The SMILES string of the molecule is O=C(NCc1ccc(Oc2ccccc2)cc1)NC1CCc2ncnn2C1. The van der Waals surface area contributed by atoms with Gasteiger partial charge in [0.2, 0.25) is 0 Å². The number of fused-ring (bicyclic) bond motifs is 1. The zero-order valence-electron chi connectivity index (χ0n) is 14.8. The van der Waals surface area contributed by atoms with E-state index in [0.29, 0.717) is 13.1 Å². The summed E-state index contributed by atoms with van der Waals surface area (Å²) in [7, 11) is 0. The van der Waals surface area contributed by atoms with Crippen LogP contribution in [0.2, 0.25) is 0 Å². The van der Waals surface area contributed by atoms with Gasteiger partial charge in [0.1, 0.15) is 23.7 Å². The summed E-state index contributed by atoms with van der Waals surface area (Å²) in [5, 5.41) is 10.1. The van der Waals surface area contributed by atoms with Crippen molar-refractivity contribution in [3.63, 3.8) is 0 Å². The molecule has 2 amide bonds. The molecule has 0 saturated carbocycles. The van der Waals surface area contributed by atoms with E-state index in [-0.39, 0.29) is 12.1 Å². The lowest BCUT2D eigenvalue weighted by Crippen LogP contribution is -2.45. The van der Waals surface area contributed by atoms with Crippen molar-refractivity contribution in [1.82, 2.24) is 25.4 Å². The quantitative estimate of drug-likeness (QED) is 0.730. The largest absolute Gasteiger partial charge is 0.457 e. The number of hydrogen-bond acceptors (Lipinski definition) is 4. The molecule has 4 rings (SSSR count). The minimum atomic E-state index is -0.173. The maximum absolute atomic E-state index is 12.2. The Morgan fingerprint density at radius 3 is 2.70 bits per heavy atom. The summed E-state index contributed by atoms with van der Waals surface area (Å²) in [5.41, 5.74) is 1.01. The summed E-state index contributed by atoms with van der Waals surface area (Å²) in [6, 6.07) is 17.2. The van der Waals surface area contributed by atoms with Gasteiger partial charge in [0.25, 0.3) is 0 Å². The standard InChI is InChI=1S/C20H21N5O2/c26-20(24-16-8-11-19-22-14-23-25(19)13-16)21-12-15-6-9-18(10-7-15)27-17-4-2-1-3-5-17/h1-7,9-10,14,16H,8,11-13H2,(H2,21,24,26). The average Bonchev–Trinajstić information content (AvgIpc) is 3.16. The van der Waals surface area contributed by atoms with E-state index in [1.807, 2.05) is 59.3 Å². The third-order valence-corrected chi connectivity index (χ3v) is 4.50. The van der Waals surface area contributed by atoms with Gasteiger partial charge in [-0.1, -0.05) is 30.3 Å². The zero-order valence-corrected chi connectivity index (χ0v) is 14.8. The van der Waals surface area contributed by atoms with E-state index in [1.54, 1.807) is 6.33 Å². The van der Waals surface area contributed by atoms with Gasteiger partial charge in [-0.05, 0) is 36.2 Å². The van der Waals surface area contributed by atoms with Crippen LogP contribution >= 0.6 is 0 Å². The third kappa shape index (κ3) is 4.44. The Bertz CT molecular complexity index is 892. The minimum absolute atomic E-state index is 0.0702. The number of hydrogen-bond donors (Lipinski definition) is 2. The molecule has 1 atom stereocenters. The Balaban J connectivity index is 1.24. The van der Waals surface area contributed by atoms with Crippen LogP contribution in [-0.4, -0.2) is 26.8 Å². The van der Waals surface area contributed by atoms with Crippen molar-refractivity contribution in [1.29, 1.82) is 0 Å². The summed E-state index contributed by atoms with van der Waals surface area (Å²) in [4.78, 5) is 16.3. The predicted molar refractivity (Wildman–Crippen MR) is 100 cm³/mol. The average molecular weight is 363 g/mol. The highest BCUT2D eigenvalue weighted by atomic mass is 16.5.